The van der Waals surface area contributed by atoms with Crippen molar-refractivity contribution in [3.63, 3.8) is 0 Å². The van der Waals surface area contributed by atoms with E-state index in [0.717, 1.165) is 4.90 Å². The van der Waals surface area contributed by atoms with E-state index in [-0.39, 0.29) is 10.7 Å². The first kappa shape index (κ1) is 17.5. The van der Waals surface area contributed by atoms with Gasteiger partial charge in [0.2, 0.25) is 0 Å². The molecule has 0 spiro atoms. The van der Waals surface area contributed by atoms with Crippen LogP contribution >= 0.6 is 11.8 Å². The molecule has 0 aliphatic rings. The van der Waals surface area contributed by atoms with Gasteiger partial charge in [-0.3, -0.25) is 4.72 Å². The van der Waals surface area contributed by atoms with Crippen molar-refractivity contribution in [2.24, 2.45) is 0 Å². The zero-order chi connectivity index (χ0) is 17.7. The largest absolute Gasteiger partial charge is 0.280 e. The van der Waals surface area contributed by atoms with Crippen molar-refractivity contribution in [3.05, 3.63) is 90.2 Å². The molecule has 0 atom stereocenters. The second-order valence-corrected chi connectivity index (χ2v) is 8.05. The van der Waals surface area contributed by atoms with Gasteiger partial charge in [0.05, 0.1) is 4.90 Å². The fourth-order valence-corrected chi connectivity index (χ4v) is 4.17. The number of thioether (sulfide) groups is 1. The van der Waals surface area contributed by atoms with Gasteiger partial charge in [-0.25, -0.2) is 12.8 Å². The molecule has 0 heterocycles. The number of hydrogen-bond donors (Lipinski definition) is 1. The molecule has 0 bridgehead atoms. The van der Waals surface area contributed by atoms with Crippen molar-refractivity contribution in [1.82, 2.24) is 0 Å². The topological polar surface area (TPSA) is 46.2 Å². The summed E-state index contributed by atoms with van der Waals surface area (Å²) in [6.45, 7) is 0. The summed E-state index contributed by atoms with van der Waals surface area (Å²) in [5.41, 5.74) is 1.13. The first-order valence-electron chi connectivity index (χ1n) is 7.59. The van der Waals surface area contributed by atoms with E-state index in [0.29, 0.717) is 17.0 Å². The van der Waals surface area contributed by atoms with Crippen molar-refractivity contribution < 1.29 is 12.8 Å². The molecule has 25 heavy (non-hydrogen) atoms. The summed E-state index contributed by atoms with van der Waals surface area (Å²) in [6, 6.07) is 21.9. The van der Waals surface area contributed by atoms with Crippen LogP contribution in [0.3, 0.4) is 0 Å². The molecule has 3 nitrogen and oxygen atoms in total. The molecule has 128 valence electrons. The Bertz CT molecular complexity index is 943. The average molecular weight is 373 g/mol. The van der Waals surface area contributed by atoms with Crippen molar-refractivity contribution in [1.29, 1.82) is 0 Å². The second kappa shape index (κ2) is 7.72. The Kier molecular flexibility index (Phi) is 5.40. The standard InChI is InChI=1S/C19H16FNO2S2/c20-19-9-5-4-6-15(19)14-24-17-12-10-16(11-13-17)21-25(22,23)18-7-2-1-3-8-18/h1-13,21H,14H2. The predicted octanol–water partition coefficient (Wildman–Crippen LogP) is 4.92. The lowest BCUT2D eigenvalue weighted by Gasteiger charge is -2.09. The van der Waals surface area contributed by atoms with Crippen LogP contribution in [-0.4, -0.2) is 8.42 Å². The number of hydrogen-bond acceptors (Lipinski definition) is 3. The fourth-order valence-electron chi connectivity index (χ4n) is 2.21. The molecule has 0 fully saturated rings. The van der Waals surface area contributed by atoms with E-state index in [9.17, 15) is 12.8 Å². The zero-order valence-electron chi connectivity index (χ0n) is 13.2. The number of nitrogens with one attached hydrogen (secondary N) is 1. The predicted molar refractivity (Wildman–Crippen MR) is 99.7 cm³/mol. The van der Waals surface area contributed by atoms with Crippen LogP contribution in [0.15, 0.2) is 88.7 Å². The molecule has 6 heteroatoms. The van der Waals surface area contributed by atoms with Crippen LogP contribution in [0.1, 0.15) is 5.56 Å². The Labute approximate surface area is 151 Å². The molecule has 3 rings (SSSR count). The molecule has 0 radical (unpaired) electrons. The third-order valence-corrected chi connectivity index (χ3v) is 5.97. The number of anilines is 1. The summed E-state index contributed by atoms with van der Waals surface area (Å²) in [5.74, 6) is 0.295. The van der Waals surface area contributed by atoms with Crippen molar-refractivity contribution >= 4 is 27.5 Å². The molecule has 3 aromatic carbocycles. The Morgan fingerprint density at radius 1 is 0.840 bits per heavy atom. The molecule has 0 aliphatic heterocycles. The van der Waals surface area contributed by atoms with Gasteiger partial charge < -0.3 is 0 Å². The highest BCUT2D eigenvalue weighted by Crippen LogP contribution is 2.26. The maximum absolute atomic E-state index is 13.6. The van der Waals surface area contributed by atoms with E-state index in [2.05, 4.69) is 4.72 Å². The monoisotopic (exact) mass is 373 g/mol. The summed E-state index contributed by atoms with van der Waals surface area (Å²) in [5, 5.41) is 0. The highest BCUT2D eigenvalue weighted by molar-refractivity contribution is 7.98. The Hall–Kier alpha value is -2.31. The van der Waals surface area contributed by atoms with Crippen molar-refractivity contribution in [2.75, 3.05) is 4.72 Å². The van der Waals surface area contributed by atoms with Crippen LogP contribution in [0.5, 0.6) is 0 Å². The maximum atomic E-state index is 13.6. The third-order valence-electron chi connectivity index (χ3n) is 3.51. The summed E-state index contributed by atoms with van der Waals surface area (Å²) in [4.78, 5) is 1.15. The lowest BCUT2D eigenvalue weighted by atomic mass is 10.2. The van der Waals surface area contributed by atoms with Crippen LogP contribution in [0.2, 0.25) is 0 Å². The molecular formula is C19H16FNO2S2. The Balaban J connectivity index is 1.65. The molecule has 0 amide bonds. The molecule has 0 aliphatic carbocycles. The molecular weight excluding hydrogens is 357 g/mol. The van der Waals surface area contributed by atoms with Crippen LogP contribution in [0, 0.1) is 5.82 Å². The zero-order valence-corrected chi connectivity index (χ0v) is 14.9. The minimum Gasteiger partial charge on any atom is -0.280 e. The SMILES string of the molecule is O=S(=O)(Nc1ccc(SCc2ccccc2F)cc1)c1ccccc1. The average Bonchev–Trinajstić information content (AvgIpc) is 2.63. The quantitative estimate of drug-likeness (QED) is 0.624. The van der Waals surface area contributed by atoms with Crippen molar-refractivity contribution in [2.45, 2.75) is 15.5 Å². The maximum Gasteiger partial charge on any atom is 0.261 e. The lowest BCUT2D eigenvalue weighted by molar-refractivity contribution is 0.601. The summed E-state index contributed by atoms with van der Waals surface area (Å²) < 4.78 is 40.7. The molecule has 1 N–H and O–H groups in total. The summed E-state index contributed by atoms with van der Waals surface area (Å²) in [7, 11) is -3.59. The Morgan fingerprint density at radius 3 is 2.16 bits per heavy atom. The van der Waals surface area contributed by atoms with E-state index < -0.39 is 10.0 Å². The van der Waals surface area contributed by atoms with Gasteiger partial charge in [0.25, 0.3) is 10.0 Å². The third kappa shape index (κ3) is 4.61. The van der Waals surface area contributed by atoms with Gasteiger partial charge in [0.15, 0.2) is 0 Å². The van der Waals surface area contributed by atoms with Gasteiger partial charge in [-0.15, -0.1) is 11.8 Å². The van der Waals surface area contributed by atoms with Crippen LogP contribution in [-0.2, 0) is 15.8 Å². The summed E-state index contributed by atoms with van der Waals surface area (Å²) in [6.07, 6.45) is 0. The first-order valence-corrected chi connectivity index (χ1v) is 10.1. The van der Waals surface area contributed by atoms with Crippen molar-refractivity contribution in [3.8, 4) is 0 Å². The fraction of sp³-hybridized carbons (Fsp3) is 0.0526. The lowest BCUT2D eigenvalue weighted by Crippen LogP contribution is -2.12. The van der Waals surface area contributed by atoms with Crippen LogP contribution in [0.4, 0.5) is 10.1 Å². The van der Waals surface area contributed by atoms with Gasteiger partial charge >= 0.3 is 0 Å². The molecule has 0 saturated carbocycles. The molecule has 0 aromatic heterocycles. The number of halogens is 1. The van der Waals surface area contributed by atoms with Gasteiger partial charge in [-0.1, -0.05) is 36.4 Å². The summed E-state index contributed by atoms with van der Waals surface area (Å²) >= 11 is 1.49. The van der Waals surface area contributed by atoms with E-state index in [4.69, 9.17) is 0 Å². The number of sulfonamides is 1. The van der Waals surface area contributed by atoms with Gasteiger partial charge in [-0.05, 0) is 48.0 Å². The van der Waals surface area contributed by atoms with E-state index in [1.54, 1.807) is 60.7 Å². The van der Waals surface area contributed by atoms with E-state index in [1.165, 1.54) is 17.8 Å². The van der Waals surface area contributed by atoms with Crippen LogP contribution in [0.25, 0.3) is 0 Å². The minimum atomic E-state index is -3.59. The normalized spacial score (nSPS) is 11.2. The Morgan fingerprint density at radius 2 is 1.48 bits per heavy atom. The van der Waals surface area contributed by atoms with Gasteiger partial charge in [0, 0.05) is 16.3 Å². The second-order valence-electron chi connectivity index (χ2n) is 5.32. The minimum absolute atomic E-state index is 0.216. The molecule has 0 unspecified atom stereocenters. The van der Waals surface area contributed by atoms with Gasteiger partial charge in [-0.2, -0.15) is 0 Å². The van der Waals surface area contributed by atoms with Crippen LogP contribution < -0.4 is 4.72 Å². The highest BCUT2D eigenvalue weighted by Gasteiger charge is 2.13. The smallest absolute Gasteiger partial charge is 0.261 e. The van der Waals surface area contributed by atoms with E-state index >= 15 is 0 Å². The number of rotatable bonds is 6. The van der Waals surface area contributed by atoms with E-state index in [1.807, 2.05) is 12.1 Å². The highest BCUT2D eigenvalue weighted by atomic mass is 32.2. The first-order chi connectivity index (χ1) is 12.0. The molecule has 3 aromatic rings. The molecule has 0 saturated heterocycles. The van der Waals surface area contributed by atoms with Gasteiger partial charge in [0.1, 0.15) is 5.82 Å². The number of benzene rings is 3.